The normalized spacial score (nSPS) is 20.1. The summed E-state index contributed by atoms with van der Waals surface area (Å²) in [7, 11) is 0. The molecule has 7 nitrogen and oxygen atoms in total. The van der Waals surface area contributed by atoms with Crippen LogP contribution in [0.25, 0.3) is 11.5 Å². The van der Waals surface area contributed by atoms with Gasteiger partial charge in [0.25, 0.3) is 11.8 Å². The van der Waals surface area contributed by atoms with E-state index in [2.05, 4.69) is 29.3 Å². The highest BCUT2D eigenvalue weighted by molar-refractivity contribution is 6.30. The van der Waals surface area contributed by atoms with E-state index < -0.39 is 11.6 Å². The third-order valence-electron chi connectivity index (χ3n) is 4.43. The van der Waals surface area contributed by atoms with E-state index in [0.29, 0.717) is 28.8 Å². The molecule has 2 heterocycles. The number of halogens is 1. The summed E-state index contributed by atoms with van der Waals surface area (Å²) in [6.07, 6.45) is 1.44. The van der Waals surface area contributed by atoms with Crippen molar-refractivity contribution >= 4 is 23.5 Å². The second-order valence-corrected chi connectivity index (χ2v) is 7.55. The molecule has 0 aliphatic carbocycles. The van der Waals surface area contributed by atoms with E-state index in [1.165, 1.54) is 0 Å². The van der Waals surface area contributed by atoms with Crippen molar-refractivity contribution < 1.29 is 14.1 Å². The van der Waals surface area contributed by atoms with Crippen molar-refractivity contribution in [2.75, 3.05) is 0 Å². The monoisotopic (exact) mass is 376 g/mol. The third kappa shape index (κ3) is 3.72. The van der Waals surface area contributed by atoms with Crippen LogP contribution in [0.4, 0.5) is 4.79 Å². The molecule has 3 amide bonds. The third-order valence-corrected chi connectivity index (χ3v) is 4.68. The van der Waals surface area contributed by atoms with Gasteiger partial charge in [-0.2, -0.15) is 4.98 Å². The topological polar surface area (TPSA) is 88.3 Å². The first kappa shape index (κ1) is 18.4. The van der Waals surface area contributed by atoms with Gasteiger partial charge in [0.1, 0.15) is 5.54 Å². The molecule has 0 saturated carbocycles. The number of carbonyl (C=O) groups is 2. The summed E-state index contributed by atoms with van der Waals surface area (Å²) in [5, 5.41) is 7.27. The lowest BCUT2D eigenvalue weighted by atomic mass is 9.92. The Labute approximate surface area is 156 Å². The predicted octanol–water partition coefficient (Wildman–Crippen LogP) is 3.64. The summed E-state index contributed by atoms with van der Waals surface area (Å²) in [6.45, 7) is 5.89. The molecule has 3 rings (SSSR count). The number of carbonyl (C=O) groups excluding carboxylic acids is 2. The van der Waals surface area contributed by atoms with Crippen molar-refractivity contribution in [1.82, 2.24) is 20.4 Å². The summed E-state index contributed by atoms with van der Waals surface area (Å²) in [5.41, 5.74) is -0.170. The number of hydrogen-bond acceptors (Lipinski definition) is 5. The van der Waals surface area contributed by atoms with Gasteiger partial charge < -0.3 is 9.84 Å². The Balaban J connectivity index is 1.72. The highest BCUT2D eigenvalue weighted by atomic mass is 35.5. The Hall–Kier alpha value is -2.41. The number of imide groups is 1. The molecule has 1 N–H and O–H groups in total. The van der Waals surface area contributed by atoms with Crippen LogP contribution in [-0.2, 0) is 11.3 Å². The Morgan fingerprint density at radius 2 is 1.96 bits per heavy atom. The first-order valence-electron chi connectivity index (χ1n) is 8.51. The van der Waals surface area contributed by atoms with Crippen LogP contribution in [-0.4, -0.2) is 32.5 Å². The van der Waals surface area contributed by atoms with Crippen molar-refractivity contribution in [3.8, 4) is 11.5 Å². The summed E-state index contributed by atoms with van der Waals surface area (Å²) in [4.78, 5) is 30.4. The van der Waals surface area contributed by atoms with Crippen molar-refractivity contribution in [3.63, 3.8) is 0 Å². The lowest BCUT2D eigenvalue weighted by Crippen LogP contribution is -2.44. The van der Waals surface area contributed by atoms with Crippen LogP contribution in [0.5, 0.6) is 0 Å². The zero-order valence-electron chi connectivity index (χ0n) is 15.0. The first-order valence-corrected chi connectivity index (χ1v) is 8.89. The minimum atomic E-state index is -0.885. The fourth-order valence-electron chi connectivity index (χ4n) is 2.81. The van der Waals surface area contributed by atoms with E-state index >= 15 is 0 Å². The van der Waals surface area contributed by atoms with E-state index in [-0.39, 0.29) is 18.3 Å². The molecular formula is C18H21ClN4O3. The summed E-state index contributed by atoms with van der Waals surface area (Å²) in [5.74, 6) is 0.767. The largest absolute Gasteiger partial charge is 0.334 e. The second kappa shape index (κ2) is 7.07. The highest BCUT2D eigenvalue weighted by Gasteiger charge is 2.47. The SMILES string of the molecule is CC(C)CC[C@@]1(C)NC(=O)N(Cc2noc(-c3ccc(Cl)cc3)n2)C1=O. The van der Waals surface area contributed by atoms with Crippen LogP contribution in [0.15, 0.2) is 28.8 Å². The predicted molar refractivity (Wildman–Crippen MR) is 96.3 cm³/mol. The summed E-state index contributed by atoms with van der Waals surface area (Å²) in [6, 6.07) is 6.53. The number of amides is 3. The molecule has 1 aromatic carbocycles. The number of nitrogens with zero attached hydrogens (tertiary/aromatic N) is 3. The molecule has 1 fully saturated rings. The molecule has 1 atom stereocenters. The van der Waals surface area contributed by atoms with Gasteiger partial charge >= 0.3 is 6.03 Å². The van der Waals surface area contributed by atoms with Gasteiger partial charge in [-0.15, -0.1) is 0 Å². The highest BCUT2D eigenvalue weighted by Crippen LogP contribution is 2.26. The molecule has 8 heteroatoms. The first-order chi connectivity index (χ1) is 12.3. The maximum absolute atomic E-state index is 12.7. The Bertz CT molecular complexity index is 818. The molecule has 1 aromatic heterocycles. The maximum atomic E-state index is 12.7. The van der Waals surface area contributed by atoms with Gasteiger partial charge in [-0.1, -0.05) is 30.6 Å². The van der Waals surface area contributed by atoms with Crippen molar-refractivity contribution in [2.45, 2.75) is 45.7 Å². The molecule has 1 aliphatic heterocycles. The fourth-order valence-corrected chi connectivity index (χ4v) is 2.93. The van der Waals surface area contributed by atoms with Gasteiger partial charge in [-0.05, 0) is 49.9 Å². The fraction of sp³-hybridized carbons (Fsp3) is 0.444. The van der Waals surface area contributed by atoms with Crippen LogP contribution in [0, 0.1) is 5.92 Å². The molecule has 138 valence electrons. The Morgan fingerprint density at radius 3 is 2.62 bits per heavy atom. The molecule has 1 aliphatic rings. The summed E-state index contributed by atoms with van der Waals surface area (Å²) < 4.78 is 5.23. The van der Waals surface area contributed by atoms with E-state index in [1.807, 2.05) is 0 Å². The zero-order valence-corrected chi connectivity index (χ0v) is 15.7. The smallest absolute Gasteiger partial charge is 0.325 e. The number of benzene rings is 1. The average Bonchev–Trinajstić information content (AvgIpc) is 3.13. The van der Waals surface area contributed by atoms with Crippen LogP contribution in [0.3, 0.4) is 0 Å². The minimum Gasteiger partial charge on any atom is -0.334 e. The van der Waals surface area contributed by atoms with Crippen molar-refractivity contribution in [1.29, 1.82) is 0 Å². The van der Waals surface area contributed by atoms with Gasteiger partial charge in [0, 0.05) is 10.6 Å². The van der Waals surface area contributed by atoms with E-state index in [1.54, 1.807) is 31.2 Å². The number of nitrogens with one attached hydrogen (secondary N) is 1. The van der Waals surface area contributed by atoms with Crippen LogP contribution < -0.4 is 5.32 Å². The van der Waals surface area contributed by atoms with E-state index in [9.17, 15) is 9.59 Å². The standard InChI is InChI=1S/C18H21ClN4O3/c1-11(2)8-9-18(3)16(24)23(17(25)21-18)10-14-20-15(26-22-14)12-4-6-13(19)7-5-12/h4-7,11H,8-10H2,1-3H3,(H,21,25)/t18-/m1/s1. The molecule has 0 unspecified atom stereocenters. The summed E-state index contributed by atoms with van der Waals surface area (Å²) >= 11 is 5.87. The van der Waals surface area contributed by atoms with Crippen LogP contribution in [0.2, 0.25) is 5.02 Å². The van der Waals surface area contributed by atoms with E-state index in [0.717, 1.165) is 11.3 Å². The van der Waals surface area contributed by atoms with Crippen LogP contribution in [0.1, 0.15) is 39.4 Å². The van der Waals surface area contributed by atoms with E-state index in [4.69, 9.17) is 16.1 Å². The molecule has 0 bridgehead atoms. The lowest BCUT2D eigenvalue weighted by Gasteiger charge is -2.22. The molecule has 0 radical (unpaired) electrons. The number of aromatic nitrogens is 2. The Kier molecular flexibility index (Phi) is 5.00. The quantitative estimate of drug-likeness (QED) is 0.777. The molecule has 26 heavy (non-hydrogen) atoms. The van der Waals surface area contributed by atoms with Gasteiger partial charge in [0.15, 0.2) is 5.82 Å². The average molecular weight is 377 g/mol. The van der Waals surface area contributed by atoms with Gasteiger partial charge in [-0.3, -0.25) is 9.69 Å². The second-order valence-electron chi connectivity index (χ2n) is 7.11. The van der Waals surface area contributed by atoms with Gasteiger partial charge in [0.05, 0.1) is 6.54 Å². The van der Waals surface area contributed by atoms with Crippen molar-refractivity contribution in [3.05, 3.63) is 35.1 Å². The van der Waals surface area contributed by atoms with Crippen LogP contribution >= 0.6 is 11.6 Å². The molecule has 0 spiro atoms. The number of hydrogen-bond donors (Lipinski definition) is 1. The maximum Gasteiger partial charge on any atom is 0.325 e. The minimum absolute atomic E-state index is 0.0287. The Morgan fingerprint density at radius 1 is 1.27 bits per heavy atom. The number of urea groups is 1. The lowest BCUT2D eigenvalue weighted by molar-refractivity contribution is -0.131. The van der Waals surface area contributed by atoms with Crippen molar-refractivity contribution in [2.24, 2.45) is 5.92 Å². The van der Waals surface area contributed by atoms with Gasteiger partial charge in [0.2, 0.25) is 0 Å². The van der Waals surface area contributed by atoms with Gasteiger partial charge in [-0.25, -0.2) is 4.79 Å². The molecule has 1 saturated heterocycles. The molecule has 2 aromatic rings. The zero-order chi connectivity index (χ0) is 18.9. The molecular weight excluding hydrogens is 356 g/mol. The number of rotatable bonds is 6.